The average Bonchev–Trinajstić information content (AvgIpc) is 3.30. The van der Waals surface area contributed by atoms with Crippen molar-refractivity contribution in [3.63, 3.8) is 0 Å². The minimum absolute atomic E-state index is 0.282. The second-order valence-electron chi connectivity index (χ2n) is 6.88. The number of amides is 1. The maximum absolute atomic E-state index is 12.8. The molecule has 4 aromatic rings. The smallest absolute Gasteiger partial charge is 0.265 e. The summed E-state index contributed by atoms with van der Waals surface area (Å²) in [6.07, 6.45) is -0.772. The van der Waals surface area contributed by atoms with Crippen LogP contribution in [0.4, 0.5) is 5.69 Å². The molecular weight excluding hydrogens is 430 g/mol. The number of benzene rings is 3. The molecule has 7 nitrogen and oxygen atoms in total. The fraction of sp³-hybridized carbons (Fsp3) is 0.125. The van der Waals surface area contributed by atoms with Crippen LogP contribution in [0.5, 0.6) is 11.5 Å². The molecule has 0 bridgehead atoms. The highest BCUT2D eigenvalue weighted by molar-refractivity contribution is 6.30. The van der Waals surface area contributed by atoms with Crippen LogP contribution in [-0.4, -0.2) is 29.3 Å². The minimum atomic E-state index is -0.772. The number of carbonyl (C=O) groups is 1. The summed E-state index contributed by atoms with van der Waals surface area (Å²) in [6.45, 7) is 1.66. The van der Waals surface area contributed by atoms with E-state index in [-0.39, 0.29) is 11.8 Å². The third-order valence-electron chi connectivity index (χ3n) is 4.69. The van der Waals surface area contributed by atoms with E-state index in [0.29, 0.717) is 33.6 Å². The summed E-state index contributed by atoms with van der Waals surface area (Å²) in [5, 5.41) is 7.54. The summed E-state index contributed by atoms with van der Waals surface area (Å²) in [5.41, 5.74) is 1.89. The number of nitrogens with one attached hydrogen (secondary N) is 1. The van der Waals surface area contributed by atoms with E-state index >= 15 is 0 Å². The molecular formula is C24H20ClN3O4. The molecule has 0 radical (unpaired) electrons. The van der Waals surface area contributed by atoms with Crippen LogP contribution in [0.3, 0.4) is 0 Å². The van der Waals surface area contributed by atoms with E-state index in [1.807, 2.05) is 30.3 Å². The molecule has 1 atom stereocenters. The van der Waals surface area contributed by atoms with Gasteiger partial charge in [-0.2, -0.15) is 4.98 Å². The van der Waals surface area contributed by atoms with Gasteiger partial charge < -0.3 is 19.3 Å². The number of para-hydroxylation sites is 3. The molecule has 0 spiro atoms. The fourth-order valence-electron chi connectivity index (χ4n) is 3.02. The summed E-state index contributed by atoms with van der Waals surface area (Å²) >= 11 is 5.94. The zero-order chi connectivity index (χ0) is 22.5. The molecule has 0 aliphatic heterocycles. The number of ether oxygens (including phenoxy) is 2. The van der Waals surface area contributed by atoms with Crippen LogP contribution in [0.25, 0.3) is 22.8 Å². The van der Waals surface area contributed by atoms with Crippen LogP contribution in [0.15, 0.2) is 77.3 Å². The molecule has 0 aliphatic carbocycles. The maximum Gasteiger partial charge on any atom is 0.265 e. The minimum Gasteiger partial charge on any atom is -0.493 e. The molecule has 1 aromatic heterocycles. The normalized spacial score (nSPS) is 11.6. The van der Waals surface area contributed by atoms with E-state index in [9.17, 15) is 4.79 Å². The number of halogens is 1. The topological polar surface area (TPSA) is 86.5 Å². The zero-order valence-corrected chi connectivity index (χ0v) is 18.2. The molecule has 0 saturated heterocycles. The first-order valence-electron chi connectivity index (χ1n) is 9.84. The van der Waals surface area contributed by atoms with Crippen molar-refractivity contribution in [3.05, 3.63) is 77.8 Å². The number of anilines is 1. The van der Waals surface area contributed by atoms with Crippen LogP contribution >= 0.6 is 11.6 Å². The van der Waals surface area contributed by atoms with Gasteiger partial charge in [0.05, 0.1) is 18.4 Å². The van der Waals surface area contributed by atoms with Crippen molar-refractivity contribution in [1.82, 2.24) is 10.1 Å². The summed E-state index contributed by atoms with van der Waals surface area (Å²) in [7, 11) is 1.55. The van der Waals surface area contributed by atoms with Gasteiger partial charge in [0.2, 0.25) is 5.82 Å². The van der Waals surface area contributed by atoms with Crippen LogP contribution in [0.2, 0.25) is 5.02 Å². The van der Waals surface area contributed by atoms with Crippen molar-refractivity contribution in [2.45, 2.75) is 13.0 Å². The standard InChI is InChI=1S/C24H20ClN3O4/c1-15(31-21-10-6-5-9-20(21)30-2)23(29)26-19-8-4-3-7-18(19)24-27-22(28-32-24)16-11-13-17(25)14-12-16/h3-15H,1-2H3,(H,26,29)/t15-/m1/s1. The van der Waals surface area contributed by atoms with Crippen molar-refractivity contribution in [1.29, 1.82) is 0 Å². The van der Waals surface area contributed by atoms with Gasteiger partial charge in [-0.3, -0.25) is 4.79 Å². The zero-order valence-electron chi connectivity index (χ0n) is 17.4. The monoisotopic (exact) mass is 449 g/mol. The molecule has 1 heterocycles. The van der Waals surface area contributed by atoms with E-state index in [1.54, 1.807) is 56.5 Å². The van der Waals surface area contributed by atoms with E-state index in [2.05, 4.69) is 15.5 Å². The Balaban J connectivity index is 1.52. The van der Waals surface area contributed by atoms with Crippen LogP contribution < -0.4 is 14.8 Å². The first-order chi connectivity index (χ1) is 15.5. The van der Waals surface area contributed by atoms with Gasteiger partial charge in [-0.15, -0.1) is 0 Å². The number of carbonyl (C=O) groups excluding carboxylic acids is 1. The fourth-order valence-corrected chi connectivity index (χ4v) is 3.15. The molecule has 0 fully saturated rings. The van der Waals surface area contributed by atoms with E-state index in [4.69, 9.17) is 25.6 Å². The lowest BCUT2D eigenvalue weighted by molar-refractivity contribution is -0.122. The highest BCUT2D eigenvalue weighted by Gasteiger charge is 2.20. The van der Waals surface area contributed by atoms with Gasteiger partial charge in [0.1, 0.15) is 0 Å². The third-order valence-corrected chi connectivity index (χ3v) is 4.94. The molecule has 0 saturated carbocycles. The quantitative estimate of drug-likeness (QED) is 0.402. The molecule has 32 heavy (non-hydrogen) atoms. The number of hydrogen-bond donors (Lipinski definition) is 1. The highest BCUT2D eigenvalue weighted by Crippen LogP contribution is 2.30. The van der Waals surface area contributed by atoms with Crippen LogP contribution in [0, 0.1) is 0 Å². The van der Waals surface area contributed by atoms with Crippen LogP contribution in [-0.2, 0) is 4.79 Å². The maximum atomic E-state index is 12.8. The molecule has 3 aromatic carbocycles. The Bertz CT molecular complexity index is 1220. The van der Waals surface area contributed by atoms with Crippen molar-refractivity contribution in [2.24, 2.45) is 0 Å². The Kier molecular flexibility index (Phi) is 6.37. The summed E-state index contributed by atoms with van der Waals surface area (Å²) < 4.78 is 16.5. The van der Waals surface area contributed by atoms with Crippen molar-refractivity contribution < 1.29 is 18.8 Å². The van der Waals surface area contributed by atoms with Gasteiger partial charge in [-0.25, -0.2) is 0 Å². The molecule has 0 unspecified atom stereocenters. The Morgan fingerprint density at radius 1 is 1.00 bits per heavy atom. The van der Waals surface area contributed by atoms with Crippen molar-refractivity contribution >= 4 is 23.2 Å². The molecule has 162 valence electrons. The number of methoxy groups -OCH3 is 1. The Morgan fingerprint density at radius 2 is 1.69 bits per heavy atom. The lowest BCUT2D eigenvalue weighted by Gasteiger charge is -2.17. The summed E-state index contributed by atoms with van der Waals surface area (Å²) in [5.74, 6) is 1.40. The first kappa shape index (κ1) is 21.4. The van der Waals surface area contributed by atoms with Crippen LogP contribution in [0.1, 0.15) is 6.92 Å². The van der Waals surface area contributed by atoms with Gasteiger partial charge in [-0.1, -0.05) is 41.0 Å². The van der Waals surface area contributed by atoms with Crippen molar-refractivity contribution in [2.75, 3.05) is 12.4 Å². The molecule has 1 amide bonds. The SMILES string of the molecule is COc1ccccc1O[C@H](C)C(=O)Nc1ccccc1-c1nc(-c2ccc(Cl)cc2)no1. The van der Waals surface area contributed by atoms with Gasteiger partial charge in [-0.05, 0) is 55.5 Å². The van der Waals surface area contributed by atoms with Gasteiger partial charge in [0, 0.05) is 10.6 Å². The number of aromatic nitrogens is 2. The first-order valence-corrected chi connectivity index (χ1v) is 10.2. The molecule has 8 heteroatoms. The van der Waals surface area contributed by atoms with Gasteiger partial charge in [0.25, 0.3) is 11.8 Å². The lowest BCUT2D eigenvalue weighted by atomic mass is 10.1. The Hall–Kier alpha value is -3.84. The molecule has 4 rings (SSSR count). The summed E-state index contributed by atoms with van der Waals surface area (Å²) in [4.78, 5) is 17.3. The van der Waals surface area contributed by atoms with Crippen molar-refractivity contribution in [3.8, 4) is 34.3 Å². The number of nitrogens with zero attached hydrogens (tertiary/aromatic N) is 2. The number of hydrogen-bond acceptors (Lipinski definition) is 6. The highest BCUT2D eigenvalue weighted by atomic mass is 35.5. The largest absolute Gasteiger partial charge is 0.493 e. The van der Waals surface area contributed by atoms with Gasteiger partial charge in [0.15, 0.2) is 17.6 Å². The second kappa shape index (κ2) is 9.53. The Morgan fingerprint density at radius 3 is 2.44 bits per heavy atom. The Labute approximate surface area is 189 Å². The summed E-state index contributed by atoms with van der Waals surface area (Å²) in [6, 6.07) is 21.5. The van der Waals surface area contributed by atoms with E-state index in [1.165, 1.54) is 0 Å². The predicted molar refractivity (Wildman–Crippen MR) is 122 cm³/mol. The molecule has 1 N–H and O–H groups in total. The van der Waals surface area contributed by atoms with Gasteiger partial charge >= 0.3 is 0 Å². The second-order valence-corrected chi connectivity index (χ2v) is 7.31. The lowest BCUT2D eigenvalue weighted by Crippen LogP contribution is -2.30. The third kappa shape index (κ3) is 4.73. The average molecular weight is 450 g/mol. The van der Waals surface area contributed by atoms with E-state index < -0.39 is 6.10 Å². The number of rotatable bonds is 7. The predicted octanol–water partition coefficient (Wildman–Crippen LogP) is 5.47. The molecule has 0 aliphatic rings. The van der Waals surface area contributed by atoms with E-state index in [0.717, 1.165) is 5.56 Å².